The zero-order valence-electron chi connectivity index (χ0n) is 10.0. The van der Waals surface area contributed by atoms with E-state index in [4.69, 9.17) is 4.42 Å². The molecule has 0 aliphatic heterocycles. The number of carboxylic acids is 1. The van der Waals surface area contributed by atoms with Crippen molar-refractivity contribution in [3.05, 3.63) is 24.6 Å². The molecule has 0 amide bonds. The SMILES string of the molecule is CC(Nc1nccc2occc12)(C(=O)O)C1CC1. The zero-order valence-corrected chi connectivity index (χ0v) is 10.0. The van der Waals surface area contributed by atoms with Gasteiger partial charge in [0.15, 0.2) is 0 Å². The van der Waals surface area contributed by atoms with Gasteiger partial charge in [-0.15, -0.1) is 0 Å². The minimum absolute atomic E-state index is 0.166. The molecule has 1 aliphatic carbocycles. The molecule has 0 saturated heterocycles. The van der Waals surface area contributed by atoms with E-state index < -0.39 is 11.5 Å². The van der Waals surface area contributed by atoms with Crippen LogP contribution in [0, 0.1) is 5.92 Å². The highest BCUT2D eigenvalue weighted by molar-refractivity contribution is 5.91. The van der Waals surface area contributed by atoms with Gasteiger partial charge < -0.3 is 14.8 Å². The number of anilines is 1. The van der Waals surface area contributed by atoms with Gasteiger partial charge in [0.25, 0.3) is 0 Å². The topological polar surface area (TPSA) is 75.4 Å². The maximum absolute atomic E-state index is 11.5. The molecule has 1 unspecified atom stereocenters. The van der Waals surface area contributed by atoms with E-state index in [1.165, 1.54) is 0 Å². The van der Waals surface area contributed by atoms with Crippen LogP contribution in [-0.2, 0) is 4.79 Å². The number of aliphatic carboxylic acids is 1. The van der Waals surface area contributed by atoms with E-state index in [9.17, 15) is 9.90 Å². The van der Waals surface area contributed by atoms with Crippen LogP contribution in [0.4, 0.5) is 5.82 Å². The Labute approximate surface area is 104 Å². The Hall–Kier alpha value is -2.04. The number of nitrogens with one attached hydrogen (secondary N) is 1. The van der Waals surface area contributed by atoms with Crippen molar-refractivity contribution in [2.24, 2.45) is 5.92 Å². The van der Waals surface area contributed by atoms with Gasteiger partial charge in [0.2, 0.25) is 0 Å². The normalized spacial score (nSPS) is 18.5. The molecule has 18 heavy (non-hydrogen) atoms. The number of aromatic nitrogens is 1. The second-order valence-electron chi connectivity index (χ2n) is 4.90. The summed E-state index contributed by atoms with van der Waals surface area (Å²) in [5, 5.41) is 13.3. The molecule has 1 aliphatic rings. The first-order chi connectivity index (χ1) is 8.61. The molecule has 0 aromatic carbocycles. The van der Waals surface area contributed by atoms with E-state index in [0.717, 1.165) is 18.2 Å². The number of nitrogens with zero attached hydrogens (tertiary/aromatic N) is 1. The fourth-order valence-corrected chi connectivity index (χ4v) is 2.23. The molecule has 1 saturated carbocycles. The van der Waals surface area contributed by atoms with E-state index in [-0.39, 0.29) is 5.92 Å². The lowest BCUT2D eigenvalue weighted by Crippen LogP contribution is -2.45. The quantitative estimate of drug-likeness (QED) is 0.866. The Balaban J connectivity index is 2.00. The van der Waals surface area contributed by atoms with Crippen molar-refractivity contribution >= 4 is 22.8 Å². The van der Waals surface area contributed by atoms with Gasteiger partial charge in [-0.25, -0.2) is 9.78 Å². The minimum Gasteiger partial charge on any atom is -0.480 e. The standard InChI is InChI=1S/C13H14N2O3/c1-13(12(16)17,8-2-3-8)15-11-9-5-7-18-10(9)4-6-14-11/h4-8H,2-3H2,1H3,(H,14,15)(H,16,17). The summed E-state index contributed by atoms with van der Waals surface area (Å²) in [5.41, 5.74) is -0.255. The van der Waals surface area contributed by atoms with E-state index in [0.29, 0.717) is 11.4 Å². The molecule has 2 heterocycles. The first-order valence-electron chi connectivity index (χ1n) is 5.95. The van der Waals surface area contributed by atoms with Crippen molar-refractivity contribution in [2.45, 2.75) is 25.3 Å². The highest BCUT2D eigenvalue weighted by Gasteiger charge is 2.48. The number of fused-ring (bicyclic) bond motifs is 1. The van der Waals surface area contributed by atoms with Crippen LogP contribution < -0.4 is 5.32 Å². The van der Waals surface area contributed by atoms with E-state index >= 15 is 0 Å². The first-order valence-corrected chi connectivity index (χ1v) is 5.95. The Morgan fingerprint density at radius 3 is 3.00 bits per heavy atom. The van der Waals surface area contributed by atoms with Gasteiger partial charge in [0, 0.05) is 6.20 Å². The van der Waals surface area contributed by atoms with Crippen LogP contribution in [0.3, 0.4) is 0 Å². The van der Waals surface area contributed by atoms with Crippen LogP contribution in [0.15, 0.2) is 29.0 Å². The lowest BCUT2D eigenvalue weighted by molar-refractivity contribution is -0.142. The smallest absolute Gasteiger partial charge is 0.329 e. The summed E-state index contributed by atoms with van der Waals surface area (Å²) in [6.07, 6.45) is 5.07. The summed E-state index contributed by atoms with van der Waals surface area (Å²) >= 11 is 0. The summed E-state index contributed by atoms with van der Waals surface area (Å²) in [4.78, 5) is 15.7. The molecular formula is C13H14N2O3. The van der Waals surface area contributed by atoms with Gasteiger partial charge in [0.1, 0.15) is 16.9 Å². The van der Waals surface area contributed by atoms with E-state index in [1.807, 2.05) is 0 Å². The number of carbonyl (C=O) groups is 1. The monoisotopic (exact) mass is 246 g/mol. The lowest BCUT2D eigenvalue weighted by Gasteiger charge is -2.26. The largest absolute Gasteiger partial charge is 0.480 e. The highest BCUT2D eigenvalue weighted by atomic mass is 16.4. The Morgan fingerprint density at radius 2 is 2.33 bits per heavy atom. The zero-order chi connectivity index (χ0) is 12.8. The summed E-state index contributed by atoms with van der Waals surface area (Å²) in [6.45, 7) is 1.72. The number of rotatable bonds is 4. The molecule has 94 valence electrons. The van der Waals surface area contributed by atoms with Gasteiger partial charge in [-0.1, -0.05) is 0 Å². The summed E-state index contributed by atoms with van der Waals surface area (Å²) in [5.74, 6) is -0.107. The second kappa shape index (κ2) is 3.73. The van der Waals surface area contributed by atoms with E-state index in [2.05, 4.69) is 10.3 Å². The van der Waals surface area contributed by atoms with Gasteiger partial charge in [0.05, 0.1) is 11.6 Å². The average Bonchev–Trinajstić information content (AvgIpc) is 3.08. The van der Waals surface area contributed by atoms with Gasteiger partial charge >= 0.3 is 5.97 Å². The number of carboxylic acid groups (broad SMARTS) is 1. The summed E-state index contributed by atoms with van der Waals surface area (Å²) < 4.78 is 5.28. The number of furan rings is 1. The first kappa shape index (κ1) is 11.1. The van der Waals surface area contributed by atoms with E-state index in [1.54, 1.807) is 31.5 Å². The van der Waals surface area contributed by atoms with Gasteiger partial charge in [-0.05, 0) is 37.8 Å². The third-order valence-electron chi connectivity index (χ3n) is 3.60. The third-order valence-corrected chi connectivity index (χ3v) is 3.60. The summed E-state index contributed by atoms with van der Waals surface area (Å²) in [7, 11) is 0. The molecular weight excluding hydrogens is 232 g/mol. The molecule has 0 radical (unpaired) electrons. The molecule has 5 nitrogen and oxygen atoms in total. The van der Waals surface area contributed by atoms with Crippen LogP contribution in [0.25, 0.3) is 11.0 Å². The average molecular weight is 246 g/mol. The molecule has 2 aromatic heterocycles. The number of hydrogen-bond acceptors (Lipinski definition) is 4. The fraction of sp³-hybridized carbons (Fsp3) is 0.385. The maximum Gasteiger partial charge on any atom is 0.329 e. The van der Waals surface area contributed by atoms with Crippen LogP contribution in [-0.4, -0.2) is 21.6 Å². The van der Waals surface area contributed by atoms with Crippen molar-refractivity contribution in [1.29, 1.82) is 0 Å². The molecule has 1 fully saturated rings. The van der Waals surface area contributed by atoms with Crippen molar-refractivity contribution < 1.29 is 14.3 Å². The lowest BCUT2D eigenvalue weighted by atomic mass is 9.96. The second-order valence-corrected chi connectivity index (χ2v) is 4.90. The molecule has 2 N–H and O–H groups in total. The Morgan fingerprint density at radius 1 is 1.56 bits per heavy atom. The minimum atomic E-state index is -0.960. The third kappa shape index (κ3) is 1.63. The molecule has 2 aromatic rings. The van der Waals surface area contributed by atoms with Crippen molar-refractivity contribution in [1.82, 2.24) is 4.98 Å². The van der Waals surface area contributed by atoms with Crippen LogP contribution >= 0.6 is 0 Å². The molecule has 0 spiro atoms. The number of hydrogen-bond donors (Lipinski definition) is 2. The molecule has 0 bridgehead atoms. The van der Waals surface area contributed by atoms with Gasteiger partial charge in [-0.2, -0.15) is 0 Å². The molecule has 1 atom stereocenters. The predicted molar refractivity (Wildman–Crippen MR) is 66.4 cm³/mol. The highest BCUT2D eigenvalue weighted by Crippen LogP contribution is 2.42. The van der Waals surface area contributed by atoms with Crippen molar-refractivity contribution in [3.63, 3.8) is 0 Å². The number of pyridine rings is 1. The summed E-state index contributed by atoms with van der Waals surface area (Å²) in [6, 6.07) is 3.55. The van der Waals surface area contributed by atoms with Crippen LogP contribution in [0.2, 0.25) is 0 Å². The molecule has 3 rings (SSSR count). The fourth-order valence-electron chi connectivity index (χ4n) is 2.23. The Bertz CT molecular complexity index is 603. The van der Waals surface area contributed by atoms with Crippen LogP contribution in [0.1, 0.15) is 19.8 Å². The predicted octanol–water partition coefficient (Wildman–Crippen LogP) is 2.49. The van der Waals surface area contributed by atoms with Crippen molar-refractivity contribution in [3.8, 4) is 0 Å². The van der Waals surface area contributed by atoms with Crippen molar-refractivity contribution in [2.75, 3.05) is 5.32 Å². The van der Waals surface area contributed by atoms with Gasteiger partial charge in [-0.3, -0.25) is 0 Å². The molecule has 5 heteroatoms. The van der Waals surface area contributed by atoms with Crippen LogP contribution in [0.5, 0.6) is 0 Å². The Kier molecular flexibility index (Phi) is 2.29. The maximum atomic E-state index is 11.5.